The molecule has 0 unspecified atom stereocenters. The van der Waals surface area contributed by atoms with E-state index < -0.39 is 11.7 Å². The maximum atomic E-state index is 12.8. The lowest BCUT2D eigenvalue weighted by Gasteiger charge is -2.12. The van der Waals surface area contributed by atoms with E-state index in [1.807, 2.05) is 13.8 Å². The van der Waals surface area contributed by atoms with Gasteiger partial charge in [0.2, 0.25) is 5.13 Å². The molecule has 1 amide bonds. The maximum Gasteiger partial charge on any atom is 0.416 e. The molecule has 0 bridgehead atoms. The van der Waals surface area contributed by atoms with E-state index in [1.54, 1.807) is 24.3 Å². The number of ether oxygens (including phenoxy) is 2. The fraction of sp³-hybridized carbons (Fsp3) is 0.286. The summed E-state index contributed by atoms with van der Waals surface area (Å²) in [6.45, 7) is 4.59. The van der Waals surface area contributed by atoms with Crippen molar-refractivity contribution < 1.29 is 27.4 Å². The predicted molar refractivity (Wildman–Crippen MR) is 118 cm³/mol. The number of hydrogen-bond acceptors (Lipinski definition) is 7. The summed E-state index contributed by atoms with van der Waals surface area (Å²) in [5.74, 6) is 0.926. The number of amides is 1. The van der Waals surface area contributed by atoms with E-state index >= 15 is 0 Å². The molecule has 0 fully saturated rings. The van der Waals surface area contributed by atoms with Crippen LogP contribution in [0.4, 0.5) is 18.3 Å². The van der Waals surface area contributed by atoms with Crippen LogP contribution in [0.5, 0.6) is 11.5 Å². The lowest BCUT2D eigenvalue weighted by Crippen LogP contribution is -2.12. The number of thioether (sulfide) groups is 1. The van der Waals surface area contributed by atoms with Crippen LogP contribution in [0, 0.1) is 0 Å². The summed E-state index contributed by atoms with van der Waals surface area (Å²) >= 11 is 2.38. The molecular formula is C21H20F3N3O3S2. The summed E-state index contributed by atoms with van der Waals surface area (Å²) in [6, 6.07) is 10.0. The largest absolute Gasteiger partial charge is 0.490 e. The third-order valence-corrected chi connectivity index (χ3v) is 6.09. The molecular weight excluding hydrogens is 463 g/mol. The molecule has 0 saturated heterocycles. The molecule has 1 aromatic heterocycles. The highest BCUT2D eigenvalue weighted by Crippen LogP contribution is 2.33. The molecule has 0 radical (unpaired) electrons. The summed E-state index contributed by atoms with van der Waals surface area (Å²) in [6.07, 6.45) is -4.39. The van der Waals surface area contributed by atoms with E-state index in [4.69, 9.17) is 9.47 Å². The van der Waals surface area contributed by atoms with Gasteiger partial charge in [0, 0.05) is 11.3 Å². The molecule has 3 aromatic rings. The standard InChI is InChI=1S/C21H20F3N3O3S2/c1-3-29-16-9-8-14(11-17(16)30-4-2)18(28)25-19-26-27-20(32-19)31-12-13-6-5-7-15(10-13)21(22,23)24/h5-11H,3-4,12H2,1-2H3,(H,25,26,28). The van der Waals surface area contributed by atoms with E-state index in [0.29, 0.717) is 45.9 Å². The Morgan fingerprint density at radius 1 is 1.06 bits per heavy atom. The minimum absolute atomic E-state index is 0.286. The van der Waals surface area contributed by atoms with Crippen molar-refractivity contribution >= 4 is 34.1 Å². The van der Waals surface area contributed by atoms with Crippen molar-refractivity contribution in [2.24, 2.45) is 0 Å². The fourth-order valence-corrected chi connectivity index (χ4v) is 4.35. The Balaban J connectivity index is 1.63. The average Bonchev–Trinajstić information content (AvgIpc) is 3.20. The zero-order valence-electron chi connectivity index (χ0n) is 17.2. The van der Waals surface area contributed by atoms with Crippen molar-refractivity contribution in [3.8, 4) is 11.5 Å². The fourth-order valence-electron chi connectivity index (χ4n) is 2.66. The second-order valence-corrected chi connectivity index (χ2v) is 8.54. The summed E-state index contributed by atoms with van der Waals surface area (Å²) in [7, 11) is 0. The van der Waals surface area contributed by atoms with Crippen molar-refractivity contribution in [3.05, 3.63) is 59.2 Å². The smallest absolute Gasteiger partial charge is 0.416 e. The minimum atomic E-state index is -4.39. The van der Waals surface area contributed by atoms with Crippen LogP contribution in [0.1, 0.15) is 35.3 Å². The number of aromatic nitrogens is 2. The molecule has 0 aliphatic heterocycles. The number of carbonyl (C=O) groups is 1. The molecule has 0 atom stereocenters. The van der Waals surface area contributed by atoms with E-state index in [-0.39, 0.29) is 11.0 Å². The molecule has 0 spiro atoms. The van der Waals surface area contributed by atoms with Crippen molar-refractivity contribution in [2.45, 2.75) is 30.1 Å². The van der Waals surface area contributed by atoms with E-state index in [2.05, 4.69) is 15.5 Å². The summed E-state index contributed by atoms with van der Waals surface area (Å²) in [5.41, 5.74) is 0.191. The van der Waals surface area contributed by atoms with Gasteiger partial charge in [-0.25, -0.2) is 0 Å². The molecule has 32 heavy (non-hydrogen) atoms. The number of carbonyl (C=O) groups excluding carboxylic acids is 1. The Hall–Kier alpha value is -2.79. The molecule has 0 saturated carbocycles. The van der Waals surface area contributed by atoms with Crippen molar-refractivity contribution in [1.29, 1.82) is 0 Å². The van der Waals surface area contributed by atoms with Gasteiger partial charge in [0.1, 0.15) is 0 Å². The molecule has 0 aliphatic carbocycles. The number of rotatable bonds is 9. The van der Waals surface area contributed by atoms with E-state index in [1.165, 1.54) is 17.8 Å². The van der Waals surface area contributed by atoms with Crippen LogP contribution in [0.25, 0.3) is 0 Å². The van der Waals surface area contributed by atoms with Crippen LogP contribution < -0.4 is 14.8 Å². The highest BCUT2D eigenvalue weighted by Gasteiger charge is 2.30. The highest BCUT2D eigenvalue weighted by atomic mass is 32.2. The zero-order valence-corrected chi connectivity index (χ0v) is 18.9. The second kappa shape index (κ2) is 10.7. The second-order valence-electron chi connectivity index (χ2n) is 6.34. The van der Waals surface area contributed by atoms with Crippen LogP contribution in [0.15, 0.2) is 46.8 Å². The molecule has 170 valence electrons. The quantitative estimate of drug-likeness (QED) is 0.302. The van der Waals surface area contributed by atoms with E-state index in [9.17, 15) is 18.0 Å². The summed E-state index contributed by atoms with van der Waals surface area (Å²) < 4.78 is 50.1. The van der Waals surface area contributed by atoms with Gasteiger partial charge in [-0.2, -0.15) is 13.2 Å². The van der Waals surface area contributed by atoms with Gasteiger partial charge < -0.3 is 9.47 Å². The van der Waals surface area contributed by atoms with Gasteiger partial charge in [-0.05, 0) is 43.7 Å². The number of anilines is 1. The molecule has 3 rings (SSSR count). The lowest BCUT2D eigenvalue weighted by atomic mass is 10.1. The van der Waals surface area contributed by atoms with Crippen molar-refractivity contribution in [2.75, 3.05) is 18.5 Å². The monoisotopic (exact) mass is 483 g/mol. The Morgan fingerprint density at radius 3 is 2.53 bits per heavy atom. The summed E-state index contributed by atoms with van der Waals surface area (Å²) in [4.78, 5) is 12.6. The Bertz CT molecular complexity index is 1070. The molecule has 1 N–H and O–H groups in total. The topological polar surface area (TPSA) is 73.3 Å². The first-order chi connectivity index (χ1) is 15.3. The number of nitrogens with one attached hydrogen (secondary N) is 1. The number of halogens is 3. The lowest BCUT2D eigenvalue weighted by molar-refractivity contribution is -0.137. The Labute approximate surface area is 191 Å². The Morgan fingerprint density at radius 2 is 1.81 bits per heavy atom. The van der Waals surface area contributed by atoms with Crippen LogP contribution in [0.3, 0.4) is 0 Å². The first-order valence-electron chi connectivity index (χ1n) is 9.63. The van der Waals surface area contributed by atoms with Crippen LogP contribution in [-0.2, 0) is 11.9 Å². The predicted octanol–water partition coefficient (Wildman–Crippen LogP) is 5.90. The number of benzene rings is 2. The first-order valence-corrected chi connectivity index (χ1v) is 11.4. The van der Waals surface area contributed by atoms with Gasteiger partial charge in [-0.15, -0.1) is 10.2 Å². The van der Waals surface area contributed by atoms with Crippen molar-refractivity contribution in [1.82, 2.24) is 10.2 Å². The zero-order chi connectivity index (χ0) is 23.1. The van der Waals surface area contributed by atoms with Crippen LogP contribution in [-0.4, -0.2) is 29.3 Å². The molecule has 1 heterocycles. The molecule has 11 heteroatoms. The number of nitrogens with zero attached hydrogens (tertiary/aromatic N) is 2. The van der Waals surface area contributed by atoms with E-state index in [0.717, 1.165) is 23.5 Å². The van der Waals surface area contributed by atoms with Gasteiger partial charge in [0.05, 0.1) is 18.8 Å². The van der Waals surface area contributed by atoms with Crippen molar-refractivity contribution in [3.63, 3.8) is 0 Å². The van der Waals surface area contributed by atoms with Crippen LogP contribution >= 0.6 is 23.1 Å². The maximum absolute atomic E-state index is 12.8. The van der Waals surface area contributed by atoms with Crippen LogP contribution in [0.2, 0.25) is 0 Å². The van der Waals surface area contributed by atoms with Gasteiger partial charge in [0.25, 0.3) is 5.91 Å². The van der Waals surface area contributed by atoms with Gasteiger partial charge in [0.15, 0.2) is 15.8 Å². The van der Waals surface area contributed by atoms with Gasteiger partial charge >= 0.3 is 6.18 Å². The Kier molecular flexibility index (Phi) is 7.97. The third-order valence-electron chi connectivity index (χ3n) is 4.05. The first kappa shape index (κ1) is 23.9. The molecule has 0 aliphatic rings. The molecule has 6 nitrogen and oxygen atoms in total. The highest BCUT2D eigenvalue weighted by molar-refractivity contribution is 8.00. The van der Waals surface area contributed by atoms with Gasteiger partial charge in [-0.1, -0.05) is 41.3 Å². The molecule has 2 aromatic carbocycles. The number of alkyl halides is 3. The van der Waals surface area contributed by atoms with Gasteiger partial charge in [-0.3, -0.25) is 10.1 Å². The third kappa shape index (κ3) is 6.36. The minimum Gasteiger partial charge on any atom is -0.490 e. The number of hydrogen-bond donors (Lipinski definition) is 1. The average molecular weight is 484 g/mol. The summed E-state index contributed by atoms with van der Waals surface area (Å²) in [5, 5.41) is 10.9. The SMILES string of the molecule is CCOc1ccc(C(=O)Nc2nnc(SCc3cccc(C(F)(F)F)c3)s2)cc1OCC. The normalized spacial score (nSPS) is 11.3.